The lowest BCUT2D eigenvalue weighted by atomic mass is 9.87. The van der Waals surface area contributed by atoms with E-state index in [1.54, 1.807) is 49.8 Å². The van der Waals surface area contributed by atoms with Crippen molar-refractivity contribution in [2.24, 2.45) is 17.8 Å². The van der Waals surface area contributed by atoms with Crippen LogP contribution in [0, 0.1) is 17.8 Å². The van der Waals surface area contributed by atoms with Crippen LogP contribution in [0.15, 0.2) is 18.2 Å². The second kappa shape index (κ2) is 14.2. The molecule has 1 aromatic rings. The Morgan fingerprint density at radius 3 is 2.48 bits per heavy atom. The number of amides is 4. The molecule has 0 aromatic heterocycles. The van der Waals surface area contributed by atoms with E-state index in [4.69, 9.17) is 14.2 Å². The summed E-state index contributed by atoms with van der Waals surface area (Å²) in [5, 5.41) is 12.8. The Morgan fingerprint density at radius 2 is 1.86 bits per heavy atom. The fraction of sp³-hybridized carbons (Fsp3) is 0.688. The van der Waals surface area contributed by atoms with Crippen molar-refractivity contribution in [3.05, 3.63) is 18.2 Å². The maximum Gasteiger partial charge on any atom is 0.410 e. The summed E-state index contributed by atoms with van der Waals surface area (Å²) in [6.07, 6.45) is 1.93. The van der Waals surface area contributed by atoms with Crippen molar-refractivity contribution in [3.8, 4) is 5.75 Å². The van der Waals surface area contributed by atoms with Crippen LogP contribution < -0.4 is 19.9 Å². The molecule has 2 N–H and O–H groups in total. The zero-order valence-corrected chi connectivity index (χ0v) is 26.8. The molecule has 244 valence electrons. The van der Waals surface area contributed by atoms with E-state index in [-0.39, 0.29) is 62.4 Å². The molecule has 1 aliphatic carbocycles. The first-order valence-corrected chi connectivity index (χ1v) is 15.6. The number of nitrogens with one attached hydrogen (secondary N) is 1. The Bertz CT molecular complexity index is 1210. The van der Waals surface area contributed by atoms with Crippen molar-refractivity contribution in [2.45, 2.75) is 78.0 Å². The maximum absolute atomic E-state index is 14.4. The van der Waals surface area contributed by atoms with Crippen LogP contribution in [0.4, 0.5) is 16.2 Å². The summed E-state index contributed by atoms with van der Waals surface area (Å²) in [6.45, 7) is 10.0. The normalized spacial score (nSPS) is 21.0. The standard InChI is InChI=1S/C32H48N4O8/c1-20(2)13-23(18-37)33-29(39)21-14-22(17-34(16-21)31(41)44-32(3,4)5)30(40)36(24-7-8-24)25-9-10-27-26(15-25)35(11-12-42-6)28(38)19-43-27/h9-10,15,20-24,37H,7-8,11-14,16-19H2,1-6H3,(H,33,39)/t21-,22+,23?/m0/s1. The summed E-state index contributed by atoms with van der Waals surface area (Å²) < 4.78 is 16.5. The van der Waals surface area contributed by atoms with E-state index in [0.29, 0.717) is 36.7 Å². The summed E-state index contributed by atoms with van der Waals surface area (Å²) in [7, 11) is 1.57. The lowest BCUT2D eigenvalue weighted by Gasteiger charge is -2.39. The molecule has 12 heteroatoms. The van der Waals surface area contributed by atoms with Crippen molar-refractivity contribution < 1.29 is 38.5 Å². The van der Waals surface area contributed by atoms with Gasteiger partial charge < -0.3 is 39.3 Å². The summed E-state index contributed by atoms with van der Waals surface area (Å²) >= 11 is 0. The number of hydrogen-bond donors (Lipinski definition) is 2. The number of aliphatic hydroxyl groups excluding tert-OH is 1. The molecule has 1 unspecified atom stereocenters. The number of benzene rings is 1. The molecule has 1 saturated heterocycles. The second-order valence-corrected chi connectivity index (χ2v) is 13.5. The number of aliphatic hydroxyl groups is 1. The Kier molecular flexibility index (Phi) is 10.8. The van der Waals surface area contributed by atoms with Gasteiger partial charge in [-0.05, 0) is 70.6 Å². The van der Waals surface area contributed by atoms with Gasteiger partial charge in [-0.15, -0.1) is 0 Å². The molecule has 1 saturated carbocycles. The predicted molar refractivity (Wildman–Crippen MR) is 165 cm³/mol. The number of hydrogen-bond acceptors (Lipinski definition) is 8. The number of ether oxygens (including phenoxy) is 3. The van der Waals surface area contributed by atoms with Gasteiger partial charge in [-0.25, -0.2) is 4.79 Å². The van der Waals surface area contributed by atoms with Gasteiger partial charge in [-0.3, -0.25) is 14.4 Å². The molecule has 0 bridgehead atoms. The van der Waals surface area contributed by atoms with Crippen LogP contribution in [0.1, 0.15) is 60.3 Å². The van der Waals surface area contributed by atoms with Crippen LogP contribution >= 0.6 is 0 Å². The van der Waals surface area contributed by atoms with Gasteiger partial charge >= 0.3 is 6.09 Å². The lowest BCUT2D eigenvalue weighted by molar-refractivity contribution is -0.131. The number of likely N-dealkylation sites (tertiary alicyclic amines) is 1. The van der Waals surface area contributed by atoms with Crippen LogP contribution in [-0.4, -0.2) is 98.1 Å². The van der Waals surface area contributed by atoms with Crippen LogP contribution in [0.2, 0.25) is 0 Å². The maximum atomic E-state index is 14.4. The minimum Gasteiger partial charge on any atom is -0.482 e. The lowest BCUT2D eigenvalue weighted by Crippen LogP contribution is -2.55. The van der Waals surface area contributed by atoms with Gasteiger partial charge in [0.1, 0.15) is 11.4 Å². The quantitative estimate of drug-likeness (QED) is 0.387. The SMILES string of the molecule is COCCN1C(=O)COc2ccc(N(C(=O)[C@@H]3C[C@H](C(=O)NC(CO)CC(C)C)CN(C(=O)OC(C)(C)C)C3)C3CC3)cc21. The van der Waals surface area contributed by atoms with E-state index >= 15 is 0 Å². The van der Waals surface area contributed by atoms with Crippen molar-refractivity contribution in [1.29, 1.82) is 0 Å². The topological polar surface area (TPSA) is 138 Å². The van der Waals surface area contributed by atoms with Gasteiger partial charge in [0.25, 0.3) is 5.91 Å². The number of carbonyl (C=O) groups excluding carboxylic acids is 4. The van der Waals surface area contributed by atoms with Crippen LogP contribution in [0.5, 0.6) is 5.75 Å². The average Bonchev–Trinajstić information content (AvgIpc) is 3.80. The van der Waals surface area contributed by atoms with Crippen LogP contribution in [0.25, 0.3) is 0 Å². The molecule has 44 heavy (non-hydrogen) atoms. The monoisotopic (exact) mass is 616 g/mol. The van der Waals surface area contributed by atoms with E-state index in [1.165, 1.54) is 4.90 Å². The minimum absolute atomic E-state index is 0.0258. The summed E-state index contributed by atoms with van der Waals surface area (Å²) in [4.78, 5) is 58.6. The first-order chi connectivity index (χ1) is 20.8. The Labute approximate surface area is 260 Å². The molecule has 4 amide bonds. The molecule has 3 atom stereocenters. The fourth-order valence-corrected chi connectivity index (χ4v) is 5.83. The zero-order chi connectivity index (χ0) is 32.2. The van der Waals surface area contributed by atoms with Crippen molar-refractivity contribution >= 4 is 35.2 Å². The predicted octanol–water partition coefficient (Wildman–Crippen LogP) is 2.95. The first kappa shape index (κ1) is 33.5. The van der Waals surface area contributed by atoms with E-state index in [0.717, 1.165) is 12.8 Å². The number of nitrogens with zero attached hydrogens (tertiary/aromatic N) is 3. The highest BCUT2D eigenvalue weighted by Gasteiger charge is 2.44. The molecule has 12 nitrogen and oxygen atoms in total. The van der Waals surface area contributed by atoms with E-state index in [1.807, 2.05) is 19.9 Å². The van der Waals surface area contributed by atoms with Crippen molar-refractivity contribution in [2.75, 3.05) is 56.4 Å². The van der Waals surface area contributed by atoms with Gasteiger partial charge in [-0.1, -0.05) is 13.8 Å². The number of carbonyl (C=O) groups is 4. The van der Waals surface area contributed by atoms with Gasteiger partial charge in [0.15, 0.2) is 6.61 Å². The number of rotatable bonds is 11. The summed E-state index contributed by atoms with van der Waals surface area (Å²) in [6, 6.07) is 4.94. The molecule has 2 aliphatic heterocycles. The number of piperidine rings is 1. The van der Waals surface area contributed by atoms with Crippen molar-refractivity contribution in [1.82, 2.24) is 10.2 Å². The third-order valence-electron chi connectivity index (χ3n) is 7.98. The van der Waals surface area contributed by atoms with Gasteiger partial charge in [0, 0.05) is 38.5 Å². The Hall–Kier alpha value is -3.38. The third kappa shape index (κ3) is 8.41. The van der Waals surface area contributed by atoms with E-state index in [9.17, 15) is 24.3 Å². The number of anilines is 2. The van der Waals surface area contributed by atoms with Gasteiger partial charge in [-0.2, -0.15) is 0 Å². The molecular weight excluding hydrogens is 568 g/mol. The third-order valence-corrected chi connectivity index (χ3v) is 7.98. The summed E-state index contributed by atoms with van der Waals surface area (Å²) in [5.74, 6) is -1.18. The van der Waals surface area contributed by atoms with Gasteiger partial charge in [0.05, 0.1) is 36.8 Å². The fourth-order valence-electron chi connectivity index (χ4n) is 5.83. The smallest absolute Gasteiger partial charge is 0.410 e. The minimum atomic E-state index is -0.748. The molecule has 4 rings (SSSR count). The highest BCUT2D eigenvalue weighted by Crippen LogP contribution is 2.40. The molecule has 2 heterocycles. The Morgan fingerprint density at radius 1 is 1.16 bits per heavy atom. The number of fused-ring (bicyclic) bond motifs is 1. The summed E-state index contributed by atoms with van der Waals surface area (Å²) in [5.41, 5.74) is 0.456. The van der Waals surface area contributed by atoms with Gasteiger partial charge in [0.2, 0.25) is 11.8 Å². The molecule has 1 aromatic carbocycles. The zero-order valence-electron chi connectivity index (χ0n) is 26.8. The highest BCUT2D eigenvalue weighted by molar-refractivity contribution is 6.01. The van der Waals surface area contributed by atoms with Crippen LogP contribution in [-0.2, 0) is 23.9 Å². The molecule has 2 fully saturated rings. The molecule has 0 spiro atoms. The largest absolute Gasteiger partial charge is 0.482 e. The van der Waals surface area contributed by atoms with Crippen molar-refractivity contribution in [3.63, 3.8) is 0 Å². The molecule has 0 radical (unpaired) electrons. The molecular formula is C32H48N4O8. The molecule has 3 aliphatic rings. The average molecular weight is 617 g/mol. The van der Waals surface area contributed by atoms with E-state index in [2.05, 4.69) is 5.32 Å². The van der Waals surface area contributed by atoms with Crippen LogP contribution in [0.3, 0.4) is 0 Å². The highest BCUT2D eigenvalue weighted by atomic mass is 16.6. The number of methoxy groups -OCH3 is 1. The first-order valence-electron chi connectivity index (χ1n) is 15.6. The second-order valence-electron chi connectivity index (χ2n) is 13.5. The Balaban J connectivity index is 1.61. The van der Waals surface area contributed by atoms with E-state index < -0.39 is 29.6 Å².